The van der Waals surface area contributed by atoms with Crippen LogP contribution in [0.15, 0.2) is 18.2 Å². The maximum absolute atomic E-state index is 11.9. The molecule has 21 heavy (non-hydrogen) atoms. The summed E-state index contributed by atoms with van der Waals surface area (Å²) in [5.74, 6) is -0.835. The van der Waals surface area contributed by atoms with E-state index in [1.165, 1.54) is 0 Å². The van der Waals surface area contributed by atoms with Gasteiger partial charge in [-0.05, 0) is 30.4 Å². The molecule has 0 unspecified atom stereocenters. The van der Waals surface area contributed by atoms with E-state index in [4.69, 9.17) is 4.74 Å². The lowest BCUT2D eigenvalue weighted by Crippen LogP contribution is -2.50. The number of amides is 1. The number of nitrogens with one attached hydrogen (secondary N) is 1. The standard InChI is InChI=1S/C16H23NO4/c1-10-7-6-8-11(2)13(10)21-9-12(18)17-14(15(19)20)16(3,4)5/h6-8,14H,9H2,1-5H3,(H,17,18)(H,19,20)/t14-/m0/s1. The van der Waals surface area contributed by atoms with Gasteiger partial charge in [-0.2, -0.15) is 0 Å². The van der Waals surface area contributed by atoms with Crippen LogP contribution in [0.3, 0.4) is 0 Å². The van der Waals surface area contributed by atoms with Gasteiger partial charge in [-0.25, -0.2) is 4.79 Å². The summed E-state index contributed by atoms with van der Waals surface area (Å²) in [6, 6.07) is 4.76. The number of benzene rings is 1. The number of rotatable bonds is 5. The lowest BCUT2D eigenvalue weighted by atomic mass is 9.87. The van der Waals surface area contributed by atoms with Gasteiger partial charge >= 0.3 is 5.97 Å². The Morgan fingerprint density at radius 3 is 2.19 bits per heavy atom. The van der Waals surface area contributed by atoms with Crippen molar-refractivity contribution in [1.82, 2.24) is 5.32 Å². The summed E-state index contributed by atoms with van der Waals surface area (Å²) in [5, 5.41) is 11.7. The molecule has 0 heterocycles. The number of hydrogen-bond donors (Lipinski definition) is 2. The summed E-state index contributed by atoms with van der Waals surface area (Å²) in [6.07, 6.45) is 0. The molecule has 0 aromatic heterocycles. The second-order valence-electron chi connectivity index (χ2n) is 6.21. The molecule has 2 N–H and O–H groups in total. The van der Waals surface area contributed by atoms with Crippen molar-refractivity contribution in [2.45, 2.75) is 40.7 Å². The molecule has 0 saturated carbocycles. The number of hydrogen-bond acceptors (Lipinski definition) is 3. The summed E-state index contributed by atoms with van der Waals surface area (Å²) < 4.78 is 5.52. The van der Waals surface area contributed by atoms with Crippen molar-refractivity contribution in [2.24, 2.45) is 5.41 Å². The van der Waals surface area contributed by atoms with Crippen molar-refractivity contribution in [3.8, 4) is 5.75 Å². The molecule has 0 spiro atoms. The first-order valence-corrected chi connectivity index (χ1v) is 6.84. The molecule has 5 heteroatoms. The number of para-hydroxylation sites is 1. The van der Waals surface area contributed by atoms with Gasteiger partial charge in [0.2, 0.25) is 0 Å². The van der Waals surface area contributed by atoms with Crippen LogP contribution < -0.4 is 10.1 Å². The Hall–Kier alpha value is -2.04. The average molecular weight is 293 g/mol. The van der Waals surface area contributed by atoms with Crippen LogP contribution in [-0.2, 0) is 9.59 Å². The highest BCUT2D eigenvalue weighted by Crippen LogP contribution is 2.22. The van der Waals surface area contributed by atoms with Gasteiger partial charge in [-0.1, -0.05) is 39.0 Å². The fourth-order valence-corrected chi connectivity index (χ4v) is 2.02. The number of carboxylic acid groups (broad SMARTS) is 1. The van der Waals surface area contributed by atoms with Gasteiger partial charge < -0.3 is 15.2 Å². The number of ether oxygens (including phenoxy) is 1. The number of carboxylic acids is 1. The molecular formula is C16H23NO4. The summed E-state index contributed by atoms with van der Waals surface area (Å²) in [7, 11) is 0. The van der Waals surface area contributed by atoms with Crippen LogP contribution in [0.2, 0.25) is 0 Å². The van der Waals surface area contributed by atoms with Crippen LogP contribution in [0.4, 0.5) is 0 Å². The monoisotopic (exact) mass is 293 g/mol. The molecule has 116 valence electrons. The molecule has 1 amide bonds. The highest BCUT2D eigenvalue weighted by Gasteiger charge is 2.32. The second kappa shape index (κ2) is 6.61. The predicted molar refractivity (Wildman–Crippen MR) is 80.4 cm³/mol. The lowest BCUT2D eigenvalue weighted by Gasteiger charge is -2.27. The second-order valence-corrected chi connectivity index (χ2v) is 6.21. The van der Waals surface area contributed by atoms with E-state index in [9.17, 15) is 14.7 Å². The molecule has 0 aliphatic heterocycles. The normalized spacial score (nSPS) is 12.6. The minimum Gasteiger partial charge on any atom is -0.483 e. The first kappa shape index (κ1) is 17.0. The Bertz CT molecular complexity index is 511. The van der Waals surface area contributed by atoms with Crippen LogP contribution in [0.1, 0.15) is 31.9 Å². The van der Waals surface area contributed by atoms with Crippen molar-refractivity contribution < 1.29 is 19.4 Å². The number of aryl methyl sites for hydroxylation is 2. The quantitative estimate of drug-likeness (QED) is 0.873. The van der Waals surface area contributed by atoms with Gasteiger partial charge in [0, 0.05) is 0 Å². The van der Waals surface area contributed by atoms with Crippen LogP contribution in [0.25, 0.3) is 0 Å². The molecule has 0 radical (unpaired) electrons. The highest BCUT2D eigenvalue weighted by molar-refractivity contribution is 5.85. The van der Waals surface area contributed by atoms with Gasteiger partial charge in [0.15, 0.2) is 6.61 Å². The molecule has 0 saturated heterocycles. The van der Waals surface area contributed by atoms with Gasteiger partial charge in [0.05, 0.1) is 0 Å². The Morgan fingerprint density at radius 1 is 1.24 bits per heavy atom. The largest absolute Gasteiger partial charge is 0.483 e. The first-order valence-electron chi connectivity index (χ1n) is 6.84. The van der Waals surface area contributed by atoms with Crippen LogP contribution in [0.5, 0.6) is 5.75 Å². The molecule has 1 aromatic rings. The highest BCUT2D eigenvalue weighted by atomic mass is 16.5. The zero-order chi connectivity index (χ0) is 16.2. The number of carbonyl (C=O) groups excluding carboxylic acids is 1. The smallest absolute Gasteiger partial charge is 0.326 e. The van der Waals surface area contributed by atoms with E-state index in [0.717, 1.165) is 11.1 Å². The van der Waals surface area contributed by atoms with Gasteiger partial charge in [0.1, 0.15) is 11.8 Å². The Labute approximate surface area is 125 Å². The molecule has 1 rings (SSSR count). The minimum absolute atomic E-state index is 0.203. The molecule has 0 aliphatic rings. The Kier molecular flexibility index (Phi) is 5.35. The van der Waals surface area contributed by atoms with Crippen molar-refractivity contribution in [2.75, 3.05) is 6.61 Å². The third-order valence-corrected chi connectivity index (χ3v) is 3.17. The van der Waals surface area contributed by atoms with Crippen molar-refractivity contribution in [3.05, 3.63) is 29.3 Å². The third kappa shape index (κ3) is 4.77. The number of aliphatic carboxylic acids is 1. The number of carbonyl (C=O) groups is 2. The van der Waals surface area contributed by atoms with Gasteiger partial charge in [-0.3, -0.25) is 4.79 Å². The Balaban J connectivity index is 2.68. The van der Waals surface area contributed by atoms with Gasteiger partial charge in [0.25, 0.3) is 5.91 Å². The minimum atomic E-state index is -1.05. The summed E-state index contributed by atoms with van der Waals surface area (Å²) >= 11 is 0. The molecule has 1 aromatic carbocycles. The summed E-state index contributed by atoms with van der Waals surface area (Å²) in [5.41, 5.74) is 1.31. The van der Waals surface area contributed by atoms with E-state index in [0.29, 0.717) is 5.75 Å². The SMILES string of the molecule is Cc1cccc(C)c1OCC(=O)N[C@@H](C(=O)O)C(C)(C)C. The average Bonchev–Trinajstić information content (AvgIpc) is 2.33. The van der Waals surface area contributed by atoms with E-state index in [2.05, 4.69) is 5.32 Å². The van der Waals surface area contributed by atoms with Crippen molar-refractivity contribution >= 4 is 11.9 Å². The maximum atomic E-state index is 11.9. The first-order chi connectivity index (χ1) is 9.62. The maximum Gasteiger partial charge on any atom is 0.326 e. The topological polar surface area (TPSA) is 75.6 Å². The molecule has 0 aliphatic carbocycles. The summed E-state index contributed by atoms with van der Waals surface area (Å²) in [6.45, 7) is 8.88. The fourth-order valence-electron chi connectivity index (χ4n) is 2.02. The zero-order valence-electron chi connectivity index (χ0n) is 13.2. The summed E-state index contributed by atoms with van der Waals surface area (Å²) in [4.78, 5) is 23.1. The third-order valence-electron chi connectivity index (χ3n) is 3.17. The predicted octanol–water partition coefficient (Wildman–Crippen LogP) is 2.30. The van der Waals surface area contributed by atoms with E-state index >= 15 is 0 Å². The Morgan fingerprint density at radius 2 is 1.76 bits per heavy atom. The fraction of sp³-hybridized carbons (Fsp3) is 0.500. The molecular weight excluding hydrogens is 270 g/mol. The van der Waals surface area contributed by atoms with Crippen molar-refractivity contribution in [1.29, 1.82) is 0 Å². The molecule has 0 bridgehead atoms. The van der Waals surface area contributed by atoms with E-state index in [1.54, 1.807) is 20.8 Å². The lowest BCUT2D eigenvalue weighted by molar-refractivity contribution is -0.145. The zero-order valence-corrected chi connectivity index (χ0v) is 13.2. The van der Waals surface area contributed by atoms with Crippen molar-refractivity contribution in [3.63, 3.8) is 0 Å². The van der Waals surface area contributed by atoms with Crippen LogP contribution in [-0.4, -0.2) is 29.6 Å². The molecule has 5 nitrogen and oxygen atoms in total. The van der Waals surface area contributed by atoms with E-state index in [-0.39, 0.29) is 6.61 Å². The van der Waals surface area contributed by atoms with Crippen LogP contribution >= 0.6 is 0 Å². The molecule has 0 fully saturated rings. The van der Waals surface area contributed by atoms with Gasteiger partial charge in [-0.15, -0.1) is 0 Å². The van der Waals surface area contributed by atoms with E-state index < -0.39 is 23.3 Å². The molecule has 1 atom stereocenters. The van der Waals surface area contributed by atoms with E-state index in [1.807, 2.05) is 32.0 Å². The van der Waals surface area contributed by atoms with Crippen LogP contribution in [0, 0.1) is 19.3 Å².